The Morgan fingerprint density at radius 3 is 2.36 bits per heavy atom. The van der Waals surface area contributed by atoms with Crippen molar-refractivity contribution in [3.63, 3.8) is 0 Å². The van der Waals surface area contributed by atoms with Crippen molar-refractivity contribution in [2.45, 2.75) is 31.1 Å². The molecule has 33 heavy (non-hydrogen) atoms. The van der Waals surface area contributed by atoms with Crippen LogP contribution < -0.4 is 10.9 Å². The molecule has 0 aliphatic rings. The number of nitrogens with zero attached hydrogens (tertiary/aromatic N) is 3. The zero-order valence-electron chi connectivity index (χ0n) is 18.3. The first-order valence-corrected chi connectivity index (χ1v) is 11.7. The van der Waals surface area contributed by atoms with Crippen LogP contribution in [0.2, 0.25) is 0 Å². The van der Waals surface area contributed by atoms with Gasteiger partial charge in [0, 0.05) is 25.5 Å². The smallest absolute Gasteiger partial charge is 0.253 e. The zero-order chi connectivity index (χ0) is 23.8. The van der Waals surface area contributed by atoms with E-state index >= 15 is 0 Å². The highest BCUT2D eigenvalue weighted by Crippen LogP contribution is 2.16. The molecule has 0 bridgehead atoms. The van der Waals surface area contributed by atoms with Gasteiger partial charge >= 0.3 is 0 Å². The van der Waals surface area contributed by atoms with Crippen LogP contribution >= 0.6 is 0 Å². The van der Waals surface area contributed by atoms with Gasteiger partial charge in [0.1, 0.15) is 0 Å². The fourth-order valence-corrected chi connectivity index (χ4v) is 4.01. The van der Waals surface area contributed by atoms with Crippen molar-refractivity contribution in [1.82, 2.24) is 25.3 Å². The summed E-state index contributed by atoms with van der Waals surface area (Å²) in [6.07, 6.45) is 0.944. The summed E-state index contributed by atoms with van der Waals surface area (Å²) in [4.78, 5) is 28.4. The maximum Gasteiger partial charge on any atom is 0.253 e. The van der Waals surface area contributed by atoms with Gasteiger partial charge in [-0.2, -0.15) is 9.29 Å². The molecule has 0 spiro atoms. The highest BCUT2D eigenvalue weighted by atomic mass is 32.2. The number of hydrogen-bond donors (Lipinski definition) is 2. The van der Waals surface area contributed by atoms with E-state index in [4.69, 9.17) is 4.52 Å². The Morgan fingerprint density at radius 1 is 1.00 bits per heavy atom. The quantitative estimate of drug-likeness (QED) is 0.455. The first-order valence-electron chi connectivity index (χ1n) is 10.2. The van der Waals surface area contributed by atoms with Gasteiger partial charge in [0.2, 0.25) is 27.6 Å². The fourth-order valence-electron chi connectivity index (χ4n) is 2.88. The van der Waals surface area contributed by atoms with Crippen LogP contribution in [0.25, 0.3) is 11.4 Å². The molecule has 2 aromatic carbocycles. The Balaban J connectivity index is 1.39. The van der Waals surface area contributed by atoms with E-state index in [0.29, 0.717) is 24.6 Å². The number of carbonyl (C=O) groups is 2. The van der Waals surface area contributed by atoms with Crippen molar-refractivity contribution in [2.75, 3.05) is 13.6 Å². The van der Waals surface area contributed by atoms with Crippen molar-refractivity contribution in [2.24, 2.45) is 0 Å². The van der Waals surface area contributed by atoms with Crippen LogP contribution in [0, 0.1) is 6.92 Å². The SMILES string of the molecule is Cc1ccc(S(=O)(=O)N(C)CC(=O)NNC(=O)CCCc2nc(-c3ccccc3)no2)cc1. The number of rotatable bonds is 9. The van der Waals surface area contributed by atoms with Gasteiger partial charge < -0.3 is 4.52 Å². The molecule has 2 amide bonds. The van der Waals surface area contributed by atoms with E-state index in [2.05, 4.69) is 21.0 Å². The summed E-state index contributed by atoms with van der Waals surface area (Å²) in [6, 6.07) is 15.7. The van der Waals surface area contributed by atoms with Gasteiger partial charge in [-0.1, -0.05) is 53.2 Å². The Morgan fingerprint density at radius 2 is 1.67 bits per heavy atom. The molecule has 2 N–H and O–H groups in total. The molecule has 0 saturated carbocycles. The minimum atomic E-state index is -3.82. The average Bonchev–Trinajstić information content (AvgIpc) is 3.27. The lowest BCUT2D eigenvalue weighted by Gasteiger charge is -2.17. The van der Waals surface area contributed by atoms with Gasteiger partial charge in [0.25, 0.3) is 5.91 Å². The Bertz CT molecular complexity index is 1190. The molecule has 0 unspecified atom stereocenters. The third kappa shape index (κ3) is 6.70. The molecule has 0 aliphatic carbocycles. The molecule has 3 aromatic rings. The summed E-state index contributed by atoms with van der Waals surface area (Å²) in [5, 5.41) is 3.92. The number of aryl methyl sites for hydroxylation is 2. The van der Waals surface area contributed by atoms with E-state index in [-0.39, 0.29) is 11.3 Å². The molecule has 0 fully saturated rings. The predicted octanol–water partition coefficient (Wildman–Crippen LogP) is 1.84. The van der Waals surface area contributed by atoms with Gasteiger partial charge in [0.05, 0.1) is 11.4 Å². The first-order chi connectivity index (χ1) is 15.8. The molecule has 0 saturated heterocycles. The van der Waals surface area contributed by atoms with Crippen LogP contribution in [-0.4, -0.2) is 48.3 Å². The van der Waals surface area contributed by atoms with Crippen LogP contribution in [0.3, 0.4) is 0 Å². The lowest BCUT2D eigenvalue weighted by Crippen LogP contribution is -2.46. The van der Waals surface area contributed by atoms with E-state index in [1.165, 1.54) is 19.2 Å². The second-order valence-electron chi connectivity index (χ2n) is 7.40. The summed E-state index contributed by atoms with van der Waals surface area (Å²) in [6.45, 7) is 1.40. The highest BCUT2D eigenvalue weighted by Gasteiger charge is 2.23. The number of sulfonamides is 1. The van der Waals surface area contributed by atoms with E-state index in [9.17, 15) is 18.0 Å². The number of hydrogen-bond acceptors (Lipinski definition) is 7. The fraction of sp³-hybridized carbons (Fsp3) is 0.273. The molecule has 174 valence electrons. The van der Waals surface area contributed by atoms with Gasteiger partial charge in [-0.3, -0.25) is 20.4 Å². The molecule has 1 aromatic heterocycles. The number of nitrogens with one attached hydrogen (secondary N) is 2. The van der Waals surface area contributed by atoms with Crippen molar-refractivity contribution in [3.8, 4) is 11.4 Å². The molecule has 10 nitrogen and oxygen atoms in total. The van der Waals surface area contributed by atoms with E-state index < -0.39 is 28.4 Å². The molecule has 0 radical (unpaired) electrons. The monoisotopic (exact) mass is 471 g/mol. The molecular formula is C22H25N5O5S. The van der Waals surface area contributed by atoms with Crippen molar-refractivity contribution in [3.05, 3.63) is 66.1 Å². The van der Waals surface area contributed by atoms with Crippen molar-refractivity contribution in [1.29, 1.82) is 0 Å². The van der Waals surface area contributed by atoms with E-state index in [1.807, 2.05) is 37.3 Å². The normalized spacial score (nSPS) is 11.4. The molecule has 3 rings (SSSR count). The standard InChI is InChI=1S/C22H25N5O5S/c1-16-11-13-18(14-12-16)33(30,31)27(2)15-20(29)25-24-19(28)9-6-10-21-23-22(26-32-21)17-7-4-3-5-8-17/h3-5,7-8,11-14H,6,9-10,15H2,1-2H3,(H,24,28)(H,25,29). The lowest BCUT2D eigenvalue weighted by molar-refractivity contribution is -0.128. The first kappa shape index (κ1) is 24.1. The summed E-state index contributed by atoms with van der Waals surface area (Å²) < 4.78 is 31.2. The van der Waals surface area contributed by atoms with Crippen LogP contribution in [0.5, 0.6) is 0 Å². The number of likely N-dealkylation sites (N-methyl/N-ethyl adjacent to an activating group) is 1. The summed E-state index contributed by atoms with van der Waals surface area (Å²) in [5.41, 5.74) is 6.26. The van der Waals surface area contributed by atoms with E-state index in [0.717, 1.165) is 15.4 Å². The van der Waals surface area contributed by atoms with Gasteiger partial charge in [-0.25, -0.2) is 8.42 Å². The summed E-state index contributed by atoms with van der Waals surface area (Å²) in [7, 11) is -2.52. The van der Waals surface area contributed by atoms with Crippen LogP contribution in [0.15, 0.2) is 64.0 Å². The number of benzene rings is 2. The average molecular weight is 472 g/mol. The van der Waals surface area contributed by atoms with Gasteiger partial charge in [-0.15, -0.1) is 0 Å². The van der Waals surface area contributed by atoms with Gasteiger partial charge in [0.15, 0.2) is 0 Å². The minimum Gasteiger partial charge on any atom is -0.339 e. The Kier molecular flexibility index (Phi) is 7.91. The third-order valence-corrected chi connectivity index (χ3v) is 6.55. The summed E-state index contributed by atoms with van der Waals surface area (Å²) >= 11 is 0. The van der Waals surface area contributed by atoms with Crippen LogP contribution in [0.4, 0.5) is 0 Å². The summed E-state index contributed by atoms with van der Waals surface area (Å²) in [5.74, 6) is -0.193. The molecule has 1 heterocycles. The largest absolute Gasteiger partial charge is 0.339 e. The second kappa shape index (κ2) is 10.8. The number of aromatic nitrogens is 2. The van der Waals surface area contributed by atoms with Crippen molar-refractivity contribution >= 4 is 21.8 Å². The second-order valence-corrected chi connectivity index (χ2v) is 9.45. The van der Waals surface area contributed by atoms with Gasteiger partial charge in [-0.05, 0) is 25.5 Å². The predicted molar refractivity (Wildman–Crippen MR) is 120 cm³/mol. The lowest BCUT2D eigenvalue weighted by atomic mass is 10.2. The number of hydrazine groups is 1. The maximum absolute atomic E-state index is 12.5. The third-order valence-electron chi connectivity index (χ3n) is 4.73. The number of amides is 2. The molecule has 0 atom stereocenters. The molecule has 0 aliphatic heterocycles. The highest BCUT2D eigenvalue weighted by molar-refractivity contribution is 7.89. The Hall–Kier alpha value is -3.57. The van der Waals surface area contributed by atoms with E-state index in [1.54, 1.807) is 12.1 Å². The molecule has 11 heteroatoms. The zero-order valence-corrected chi connectivity index (χ0v) is 19.1. The maximum atomic E-state index is 12.5. The van der Waals surface area contributed by atoms with Crippen molar-refractivity contribution < 1.29 is 22.5 Å². The van der Waals surface area contributed by atoms with Crippen LogP contribution in [0.1, 0.15) is 24.3 Å². The topological polar surface area (TPSA) is 134 Å². The minimum absolute atomic E-state index is 0.0869. The Labute approximate surface area is 192 Å². The molecular weight excluding hydrogens is 446 g/mol. The van der Waals surface area contributed by atoms with Crippen LogP contribution in [-0.2, 0) is 26.0 Å². The number of carbonyl (C=O) groups excluding carboxylic acids is 2.